The highest BCUT2D eigenvalue weighted by molar-refractivity contribution is 5.69. The van der Waals surface area contributed by atoms with Crippen LogP contribution < -0.4 is 9.64 Å². The van der Waals surface area contributed by atoms with Gasteiger partial charge in [0.25, 0.3) is 0 Å². The first-order valence-electron chi connectivity index (χ1n) is 4.05. The number of hydrogen-bond donors (Lipinski definition) is 0. The van der Waals surface area contributed by atoms with Crippen molar-refractivity contribution in [2.24, 2.45) is 0 Å². The lowest BCUT2D eigenvalue weighted by molar-refractivity contribution is -0.131. The van der Waals surface area contributed by atoms with Crippen LogP contribution in [0.5, 0.6) is 5.75 Å². The number of nitrogens with zero attached hydrogens (tertiary/aromatic N) is 1. The van der Waals surface area contributed by atoms with E-state index in [0.717, 1.165) is 5.69 Å². The van der Waals surface area contributed by atoms with Crippen molar-refractivity contribution in [2.45, 2.75) is 6.92 Å². The number of hydrogen-bond acceptors (Lipinski definition) is 3. The van der Waals surface area contributed by atoms with Gasteiger partial charge in [0.2, 0.25) is 0 Å². The van der Waals surface area contributed by atoms with Crippen LogP contribution in [0.2, 0.25) is 0 Å². The molecule has 0 amide bonds. The van der Waals surface area contributed by atoms with Gasteiger partial charge >= 0.3 is 5.97 Å². The zero-order valence-corrected chi connectivity index (χ0v) is 8.07. The summed E-state index contributed by atoms with van der Waals surface area (Å²) < 4.78 is 4.94. The van der Waals surface area contributed by atoms with Crippen molar-refractivity contribution in [1.29, 1.82) is 0 Å². The molecule has 1 aromatic rings. The molecule has 0 bridgehead atoms. The van der Waals surface area contributed by atoms with Gasteiger partial charge in [-0.25, -0.2) is 0 Å². The summed E-state index contributed by atoms with van der Waals surface area (Å²) >= 11 is 0. The minimum Gasteiger partial charge on any atom is -0.427 e. The second kappa shape index (κ2) is 3.94. The van der Waals surface area contributed by atoms with Crippen molar-refractivity contribution in [3.63, 3.8) is 0 Å². The minimum absolute atomic E-state index is 0.295. The van der Waals surface area contributed by atoms with Crippen LogP contribution in [0, 0.1) is 0 Å². The Morgan fingerprint density at radius 3 is 2.62 bits per heavy atom. The molecule has 70 valence electrons. The van der Waals surface area contributed by atoms with Crippen LogP contribution in [0.3, 0.4) is 0 Å². The molecule has 0 aromatic heterocycles. The normalized spacial score (nSPS) is 9.46. The lowest BCUT2D eigenvalue weighted by Gasteiger charge is -2.12. The second-order valence-corrected chi connectivity index (χ2v) is 2.99. The standard InChI is InChI=1S/C10H13NO2/c1-8(12)13-10-6-4-5-9(7-10)11(2)3/h4-7H,1-3H3. The van der Waals surface area contributed by atoms with E-state index >= 15 is 0 Å². The first-order valence-corrected chi connectivity index (χ1v) is 4.05. The number of anilines is 1. The Morgan fingerprint density at radius 2 is 2.08 bits per heavy atom. The number of ether oxygens (including phenoxy) is 1. The average molecular weight is 179 g/mol. The molecular weight excluding hydrogens is 166 g/mol. The van der Waals surface area contributed by atoms with Gasteiger partial charge in [0.15, 0.2) is 0 Å². The van der Waals surface area contributed by atoms with Gasteiger partial charge in [0.05, 0.1) is 0 Å². The van der Waals surface area contributed by atoms with Gasteiger partial charge in [0.1, 0.15) is 5.75 Å². The maximum absolute atomic E-state index is 10.7. The molecule has 0 atom stereocenters. The third-order valence-corrected chi connectivity index (χ3v) is 1.60. The molecule has 0 radical (unpaired) electrons. The van der Waals surface area contributed by atoms with E-state index in [-0.39, 0.29) is 5.97 Å². The largest absolute Gasteiger partial charge is 0.427 e. The van der Waals surface area contributed by atoms with E-state index < -0.39 is 0 Å². The van der Waals surface area contributed by atoms with E-state index in [9.17, 15) is 4.79 Å². The van der Waals surface area contributed by atoms with Crippen LogP contribution in [0.1, 0.15) is 6.92 Å². The molecule has 0 aliphatic rings. The molecule has 0 N–H and O–H groups in total. The fraction of sp³-hybridized carbons (Fsp3) is 0.300. The fourth-order valence-corrected chi connectivity index (χ4v) is 0.991. The number of carbonyl (C=O) groups excluding carboxylic acids is 1. The molecule has 0 aliphatic heterocycles. The molecule has 0 unspecified atom stereocenters. The van der Waals surface area contributed by atoms with Gasteiger partial charge < -0.3 is 9.64 Å². The molecule has 1 rings (SSSR count). The van der Waals surface area contributed by atoms with Crippen molar-refractivity contribution in [3.8, 4) is 5.75 Å². The monoisotopic (exact) mass is 179 g/mol. The third-order valence-electron chi connectivity index (χ3n) is 1.60. The van der Waals surface area contributed by atoms with Crippen LogP contribution in [0.25, 0.3) is 0 Å². The summed E-state index contributed by atoms with van der Waals surface area (Å²) in [7, 11) is 3.87. The summed E-state index contributed by atoms with van der Waals surface area (Å²) in [6.07, 6.45) is 0. The molecule has 1 aromatic carbocycles. The highest BCUT2D eigenvalue weighted by Crippen LogP contribution is 2.19. The highest BCUT2D eigenvalue weighted by atomic mass is 16.5. The van der Waals surface area contributed by atoms with E-state index in [4.69, 9.17) is 4.74 Å². The fourth-order valence-electron chi connectivity index (χ4n) is 0.991. The Morgan fingerprint density at radius 1 is 1.38 bits per heavy atom. The summed E-state index contributed by atoms with van der Waals surface area (Å²) in [6.45, 7) is 1.39. The predicted molar refractivity (Wildman–Crippen MR) is 52.1 cm³/mol. The van der Waals surface area contributed by atoms with E-state index in [1.54, 1.807) is 6.07 Å². The van der Waals surface area contributed by atoms with Gasteiger partial charge in [0, 0.05) is 32.8 Å². The summed E-state index contributed by atoms with van der Waals surface area (Å²) in [5, 5.41) is 0. The number of benzene rings is 1. The quantitative estimate of drug-likeness (QED) is 0.511. The molecule has 13 heavy (non-hydrogen) atoms. The minimum atomic E-state index is -0.295. The maximum atomic E-state index is 10.7. The van der Waals surface area contributed by atoms with Crippen LogP contribution >= 0.6 is 0 Å². The number of rotatable bonds is 2. The zero-order valence-electron chi connectivity index (χ0n) is 8.07. The zero-order chi connectivity index (χ0) is 9.84. The molecule has 0 spiro atoms. The van der Waals surface area contributed by atoms with Gasteiger partial charge in [-0.2, -0.15) is 0 Å². The summed E-state index contributed by atoms with van der Waals surface area (Å²) in [6, 6.07) is 7.39. The van der Waals surface area contributed by atoms with Crippen molar-refractivity contribution in [1.82, 2.24) is 0 Å². The SMILES string of the molecule is CC(=O)Oc1cccc(N(C)C)c1. The van der Waals surface area contributed by atoms with Crippen LogP contribution in [-0.2, 0) is 4.79 Å². The lowest BCUT2D eigenvalue weighted by Crippen LogP contribution is -2.09. The highest BCUT2D eigenvalue weighted by Gasteiger charge is 2.00. The van der Waals surface area contributed by atoms with E-state index in [1.165, 1.54) is 6.92 Å². The van der Waals surface area contributed by atoms with Crippen molar-refractivity contribution in [3.05, 3.63) is 24.3 Å². The van der Waals surface area contributed by atoms with Gasteiger partial charge in [-0.05, 0) is 12.1 Å². The molecule has 0 saturated heterocycles. The van der Waals surface area contributed by atoms with E-state index in [1.807, 2.05) is 37.2 Å². The van der Waals surface area contributed by atoms with E-state index in [0.29, 0.717) is 5.75 Å². The number of esters is 1. The van der Waals surface area contributed by atoms with Crippen molar-refractivity contribution >= 4 is 11.7 Å². The van der Waals surface area contributed by atoms with Crippen LogP contribution in [0.15, 0.2) is 24.3 Å². The third kappa shape index (κ3) is 2.78. The van der Waals surface area contributed by atoms with Gasteiger partial charge in [-0.15, -0.1) is 0 Å². The van der Waals surface area contributed by atoms with Gasteiger partial charge in [-0.3, -0.25) is 4.79 Å². The smallest absolute Gasteiger partial charge is 0.308 e. The molecule has 3 heteroatoms. The van der Waals surface area contributed by atoms with E-state index in [2.05, 4.69) is 0 Å². The first kappa shape index (κ1) is 9.58. The molecule has 0 fully saturated rings. The average Bonchev–Trinajstić information content (AvgIpc) is 2.03. The van der Waals surface area contributed by atoms with Crippen molar-refractivity contribution in [2.75, 3.05) is 19.0 Å². The summed E-state index contributed by atoms with van der Waals surface area (Å²) in [5.74, 6) is 0.287. The Balaban J connectivity index is 2.85. The molecule has 0 saturated carbocycles. The molecule has 3 nitrogen and oxygen atoms in total. The maximum Gasteiger partial charge on any atom is 0.308 e. The first-order chi connectivity index (χ1) is 6.09. The Bertz CT molecular complexity index is 308. The molecule has 0 aliphatic carbocycles. The topological polar surface area (TPSA) is 29.5 Å². The van der Waals surface area contributed by atoms with Crippen LogP contribution in [-0.4, -0.2) is 20.1 Å². The van der Waals surface area contributed by atoms with Crippen molar-refractivity contribution < 1.29 is 9.53 Å². The summed E-state index contributed by atoms with van der Waals surface area (Å²) in [4.78, 5) is 12.6. The Kier molecular flexibility index (Phi) is 2.90. The van der Waals surface area contributed by atoms with Crippen LogP contribution in [0.4, 0.5) is 5.69 Å². The summed E-state index contributed by atoms with van der Waals surface area (Å²) in [5.41, 5.74) is 1.01. The molecular formula is C10H13NO2. The van der Waals surface area contributed by atoms with Gasteiger partial charge in [-0.1, -0.05) is 6.07 Å². The second-order valence-electron chi connectivity index (χ2n) is 2.99. The molecule has 0 heterocycles. The lowest BCUT2D eigenvalue weighted by atomic mass is 10.3. The predicted octanol–water partition coefficient (Wildman–Crippen LogP) is 1.68. The number of carbonyl (C=O) groups is 1. The Labute approximate surface area is 77.9 Å². The Hall–Kier alpha value is -1.51.